The van der Waals surface area contributed by atoms with Crippen LogP contribution in [-0.2, 0) is 10.8 Å². The van der Waals surface area contributed by atoms with Crippen molar-refractivity contribution >= 4 is 10.8 Å². The Morgan fingerprint density at radius 1 is 1.57 bits per heavy atom. The number of aromatic nitrogens is 1. The molecule has 0 saturated carbocycles. The first-order valence-corrected chi connectivity index (χ1v) is 6.02. The predicted octanol–water partition coefficient (Wildman–Crippen LogP) is 0.860. The van der Waals surface area contributed by atoms with Crippen molar-refractivity contribution in [2.75, 3.05) is 13.1 Å². The van der Waals surface area contributed by atoms with E-state index in [9.17, 15) is 4.21 Å². The highest BCUT2D eigenvalue weighted by Crippen LogP contribution is 2.14. The molecule has 0 aliphatic carbocycles. The summed E-state index contributed by atoms with van der Waals surface area (Å²) >= 11 is 0. The van der Waals surface area contributed by atoms with Crippen molar-refractivity contribution < 1.29 is 4.21 Å². The molecule has 1 fully saturated rings. The molecule has 2 atom stereocenters. The van der Waals surface area contributed by atoms with Gasteiger partial charge in [-0.15, -0.1) is 0 Å². The molecule has 1 saturated heterocycles. The van der Waals surface area contributed by atoms with Gasteiger partial charge in [-0.1, -0.05) is 6.07 Å². The Kier molecular flexibility index (Phi) is 2.93. The molecule has 1 aromatic rings. The maximum absolute atomic E-state index is 12.0. The summed E-state index contributed by atoms with van der Waals surface area (Å²) in [5, 5.41) is 4.17. The van der Waals surface area contributed by atoms with Gasteiger partial charge in [-0.2, -0.15) is 0 Å². The Hall–Kier alpha value is -0.740. The van der Waals surface area contributed by atoms with Gasteiger partial charge in [0.05, 0.1) is 16.0 Å². The molecule has 0 aromatic carbocycles. The highest BCUT2D eigenvalue weighted by atomic mass is 32.2. The van der Waals surface area contributed by atoms with Crippen molar-refractivity contribution in [2.24, 2.45) is 0 Å². The predicted molar refractivity (Wildman–Crippen MR) is 56.7 cm³/mol. The molecule has 0 radical (unpaired) electrons. The minimum absolute atomic E-state index is 0.241. The molecule has 1 aliphatic heterocycles. The van der Waals surface area contributed by atoms with E-state index in [0.717, 1.165) is 25.1 Å². The third-order valence-corrected chi connectivity index (χ3v) is 4.07. The maximum Gasteiger partial charge on any atom is 0.127 e. The summed E-state index contributed by atoms with van der Waals surface area (Å²) in [6, 6.07) is 3.83. The number of rotatable bonds is 2. The van der Waals surface area contributed by atoms with Gasteiger partial charge < -0.3 is 5.32 Å². The third kappa shape index (κ3) is 2.01. The molecule has 1 N–H and O–H groups in total. The van der Waals surface area contributed by atoms with Crippen LogP contribution in [0, 0.1) is 6.92 Å². The van der Waals surface area contributed by atoms with Crippen molar-refractivity contribution in [1.29, 1.82) is 0 Å². The van der Waals surface area contributed by atoms with Gasteiger partial charge >= 0.3 is 0 Å². The first-order chi connectivity index (χ1) is 6.77. The molecule has 2 rings (SSSR count). The molecule has 1 aliphatic rings. The molecule has 4 heteroatoms. The minimum atomic E-state index is -0.941. The highest BCUT2D eigenvalue weighted by molar-refractivity contribution is 7.85. The van der Waals surface area contributed by atoms with Crippen LogP contribution < -0.4 is 5.32 Å². The first kappa shape index (κ1) is 9.80. The summed E-state index contributed by atoms with van der Waals surface area (Å²) < 4.78 is 12.0. The van der Waals surface area contributed by atoms with E-state index in [1.54, 1.807) is 6.20 Å². The molecule has 14 heavy (non-hydrogen) atoms. The van der Waals surface area contributed by atoms with E-state index in [-0.39, 0.29) is 5.25 Å². The van der Waals surface area contributed by atoms with E-state index < -0.39 is 10.8 Å². The molecule has 0 spiro atoms. The Labute approximate surface area is 86.4 Å². The summed E-state index contributed by atoms with van der Waals surface area (Å²) in [5.74, 6) is 0. The molecular formula is C10H14N2OS. The fourth-order valence-corrected chi connectivity index (χ4v) is 2.86. The summed E-state index contributed by atoms with van der Waals surface area (Å²) in [5.41, 5.74) is 1.11. The van der Waals surface area contributed by atoms with Crippen LogP contribution in [0.15, 0.2) is 23.4 Å². The largest absolute Gasteiger partial charge is 0.315 e. The highest BCUT2D eigenvalue weighted by Gasteiger charge is 2.22. The molecule has 1 unspecified atom stereocenters. The van der Waals surface area contributed by atoms with Crippen LogP contribution in [0.4, 0.5) is 0 Å². The van der Waals surface area contributed by atoms with E-state index in [2.05, 4.69) is 10.3 Å². The second kappa shape index (κ2) is 4.19. The van der Waals surface area contributed by atoms with Crippen LogP contribution >= 0.6 is 0 Å². The van der Waals surface area contributed by atoms with Crippen molar-refractivity contribution in [2.45, 2.75) is 23.6 Å². The number of pyridine rings is 1. The van der Waals surface area contributed by atoms with Crippen molar-refractivity contribution in [3.8, 4) is 0 Å². The Morgan fingerprint density at radius 3 is 3.00 bits per heavy atom. The molecule has 3 nitrogen and oxygen atoms in total. The van der Waals surface area contributed by atoms with E-state index in [1.807, 2.05) is 19.1 Å². The van der Waals surface area contributed by atoms with Gasteiger partial charge in [0.25, 0.3) is 0 Å². The van der Waals surface area contributed by atoms with E-state index in [4.69, 9.17) is 0 Å². The van der Waals surface area contributed by atoms with Crippen LogP contribution in [0.3, 0.4) is 0 Å². The van der Waals surface area contributed by atoms with Gasteiger partial charge in [-0.05, 0) is 31.5 Å². The van der Waals surface area contributed by atoms with Gasteiger partial charge in [-0.3, -0.25) is 4.21 Å². The molecule has 0 bridgehead atoms. The Bertz CT molecular complexity index is 330. The van der Waals surface area contributed by atoms with E-state index in [0.29, 0.717) is 5.03 Å². The summed E-state index contributed by atoms with van der Waals surface area (Å²) in [6.07, 6.45) is 2.76. The van der Waals surface area contributed by atoms with Gasteiger partial charge in [0.15, 0.2) is 0 Å². The zero-order chi connectivity index (χ0) is 9.97. The molecule has 76 valence electrons. The topological polar surface area (TPSA) is 42.0 Å². The van der Waals surface area contributed by atoms with Crippen molar-refractivity contribution in [3.05, 3.63) is 23.9 Å². The number of nitrogens with one attached hydrogen (secondary N) is 1. The second-order valence-corrected chi connectivity index (χ2v) is 5.27. The second-order valence-electron chi connectivity index (χ2n) is 3.59. The number of nitrogens with zero attached hydrogens (tertiary/aromatic N) is 1. The van der Waals surface area contributed by atoms with Crippen molar-refractivity contribution in [1.82, 2.24) is 10.3 Å². The van der Waals surface area contributed by atoms with Gasteiger partial charge in [0.2, 0.25) is 0 Å². The van der Waals surface area contributed by atoms with Gasteiger partial charge in [0.1, 0.15) is 5.03 Å². The van der Waals surface area contributed by atoms with Crippen LogP contribution in [0.2, 0.25) is 0 Å². The van der Waals surface area contributed by atoms with E-state index in [1.165, 1.54) is 0 Å². The summed E-state index contributed by atoms with van der Waals surface area (Å²) in [4.78, 5) is 4.19. The van der Waals surface area contributed by atoms with Gasteiger partial charge in [0, 0.05) is 12.7 Å². The zero-order valence-electron chi connectivity index (χ0n) is 8.19. The fraction of sp³-hybridized carbons (Fsp3) is 0.500. The number of hydrogen-bond donors (Lipinski definition) is 1. The lowest BCUT2D eigenvalue weighted by molar-refractivity contribution is 0.669. The number of hydrogen-bond acceptors (Lipinski definition) is 3. The average Bonchev–Trinajstić information content (AvgIpc) is 2.71. The fourth-order valence-electron chi connectivity index (χ4n) is 1.55. The van der Waals surface area contributed by atoms with Gasteiger partial charge in [-0.25, -0.2) is 4.98 Å². The van der Waals surface area contributed by atoms with Crippen LogP contribution in [0.1, 0.15) is 12.0 Å². The van der Waals surface area contributed by atoms with Crippen molar-refractivity contribution in [3.63, 3.8) is 0 Å². The smallest absolute Gasteiger partial charge is 0.127 e. The van der Waals surface area contributed by atoms with Crippen LogP contribution in [0.5, 0.6) is 0 Å². The third-order valence-electron chi connectivity index (χ3n) is 2.41. The lowest BCUT2D eigenvalue weighted by atomic mass is 10.3. The number of aryl methyl sites for hydroxylation is 1. The normalized spacial score (nSPS) is 23.6. The van der Waals surface area contributed by atoms with E-state index >= 15 is 0 Å². The maximum atomic E-state index is 12.0. The Morgan fingerprint density at radius 2 is 2.43 bits per heavy atom. The average molecular weight is 210 g/mol. The minimum Gasteiger partial charge on any atom is -0.315 e. The molecular weight excluding hydrogens is 196 g/mol. The van der Waals surface area contributed by atoms with Crippen LogP contribution in [0.25, 0.3) is 0 Å². The standard InChI is InChI=1S/C10H14N2OS/c1-8-2-3-10(12-6-8)14(13)9-4-5-11-7-9/h2-3,6,9,11H,4-5,7H2,1H3/t9-,14?/m1/s1. The lowest BCUT2D eigenvalue weighted by Crippen LogP contribution is -2.19. The quantitative estimate of drug-likeness (QED) is 0.787. The summed E-state index contributed by atoms with van der Waals surface area (Å²) in [7, 11) is -0.941. The lowest BCUT2D eigenvalue weighted by Gasteiger charge is -2.07. The zero-order valence-corrected chi connectivity index (χ0v) is 9.01. The Balaban J connectivity index is 2.14. The summed E-state index contributed by atoms with van der Waals surface area (Å²) in [6.45, 7) is 3.81. The first-order valence-electron chi connectivity index (χ1n) is 4.81. The molecule has 0 amide bonds. The monoisotopic (exact) mass is 210 g/mol. The molecule has 2 heterocycles. The molecule has 1 aromatic heterocycles. The van der Waals surface area contributed by atoms with Crippen LogP contribution in [-0.4, -0.2) is 27.5 Å². The SMILES string of the molecule is Cc1ccc(S(=O)[C@@H]2CCNC2)nc1.